The fourth-order valence-corrected chi connectivity index (χ4v) is 17.7. The lowest BCUT2D eigenvalue weighted by molar-refractivity contribution is 0.980. The van der Waals surface area contributed by atoms with E-state index in [1.807, 2.05) is 22.7 Å². The molecule has 18 aromatic rings. The van der Waals surface area contributed by atoms with Crippen LogP contribution in [0.3, 0.4) is 0 Å². The number of fused-ring (bicyclic) bond motifs is 20. The highest BCUT2D eigenvalue weighted by atomic mass is 32.1. The number of rotatable bonds is 7. The van der Waals surface area contributed by atoms with Crippen LogP contribution in [0.2, 0.25) is 0 Å². The Bertz CT molecular complexity index is 6290. The largest absolute Gasteiger partial charge is 0.312 e. The second kappa shape index (κ2) is 19.4. The summed E-state index contributed by atoms with van der Waals surface area (Å²) in [5.74, 6) is 0. The van der Waals surface area contributed by atoms with Crippen molar-refractivity contribution in [3.63, 3.8) is 0 Å². The normalized spacial score (nSPS) is 13.9. The Labute approximate surface area is 525 Å². The Kier molecular flexibility index (Phi) is 10.8. The van der Waals surface area contributed by atoms with E-state index in [2.05, 4.69) is 297 Å². The van der Waals surface area contributed by atoms with Crippen molar-refractivity contribution < 1.29 is 0 Å². The number of para-hydroxylation sites is 4. The highest BCUT2D eigenvalue weighted by Crippen LogP contribution is 2.47. The summed E-state index contributed by atoms with van der Waals surface area (Å²) in [5.41, 5.74) is 22.1. The maximum atomic E-state index is 2.55. The van der Waals surface area contributed by atoms with Crippen LogP contribution in [-0.2, 0) is 0 Å². The van der Waals surface area contributed by atoms with E-state index in [1.165, 1.54) is 172 Å². The number of hydrogen-bond acceptors (Lipinski definition) is 2. The molecule has 0 spiro atoms. The van der Waals surface area contributed by atoms with Gasteiger partial charge < -0.3 is 18.3 Å². The van der Waals surface area contributed by atoms with E-state index in [4.69, 9.17) is 0 Å². The van der Waals surface area contributed by atoms with E-state index in [9.17, 15) is 0 Å². The van der Waals surface area contributed by atoms with Gasteiger partial charge in [-0.3, -0.25) is 0 Å². The first kappa shape index (κ1) is 50.3. The van der Waals surface area contributed by atoms with Crippen LogP contribution in [0, 0.1) is 0 Å². The van der Waals surface area contributed by atoms with Crippen LogP contribution in [0.1, 0.15) is 25.7 Å². The molecule has 0 N–H and O–H groups in total. The molecule has 2 aliphatic rings. The molecule has 0 fully saturated rings. The maximum Gasteiger partial charge on any atom is 0.0641 e. The average Bonchev–Trinajstić information content (AvgIpc) is 1.57. The molecule has 6 heteroatoms. The van der Waals surface area contributed by atoms with Crippen molar-refractivity contribution in [1.29, 1.82) is 0 Å². The second-order valence-corrected chi connectivity index (χ2v) is 26.7. The molecular formula is C84H54N4S2. The van der Waals surface area contributed by atoms with Crippen molar-refractivity contribution in [2.45, 2.75) is 25.7 Å². The molecule has 0 saturated carbocycles. The van der Waals surface area contributed by atoms with Crippen molar-refractivity contribution in [2.24, 2.45) is 0 Å². The van der Waals surface area contributed by atoms with Gasteiger partial charge in [0, 0.05) is 106 Å². The number of benzene rings is 12. The van der Waals surface area contributed by atoms with Gasteiger partial charge in [0.1, 0.15) is 0 Å². The summed E-state index contributed by atoms with van der Waals surface area (Å²) in [4.78, 5) is 0. The first-order valence-corrected chi connectivity index (χ1v) is 33.1. The van der Waals surface area contributed by atoms with Crippen LogP contribution in [-0.4, -0.2) is 18.3 Å². The predicted octanol–water partition coefficient (Wildman–Crippen LogP) is 24.2. The second-order valence-electron chi connectivity index (χ2n) is 24.5. The van der Waals surface area contributed by atoms with Gasteiger partial charge in [0.15, 0.2) is 0 Å². The lowest BCUT2D eigenvalue weighted by Gasteiger charge is -2.15. The zero-order valence-corrected chi connectivity index (χ0v) is 50.6. The molecule has 2 aliphatic carbocycles. The molecule has 6 aromatic heterocycles. The lowest BCUT2D eigenvalue weighted by atomic mass is 9.98. The summed E-state index contributed by atoms with van der Waals surface area (Å²) in [5, 5.41) is 15.4. The van der Waals surface area contributed by atoms with Crippen molar-refractivity contribution in [1.82, 2.24) is 18.3 Å². The van der Waals surface area contributed by atoms with Gasteiger partial charge in [-0.1, -0.05) is 158 Å². The Morgan fingerprint density at radius 2 is 0.722 bits per heavy atom. The molecule has 20 rings (SSSR count). The lowest BCUT2D eigenvalue weighted by Crippen LogP contribution is -1.99. The Morgan fingerprint density at radius 3 is 1.18 bits per heavy atom. The SMILES string of the molecule is C1=CCCC(n2c3ccccc3c3ccc4c(c5ccccc5n4-c4cccc(-c5ccc6sc7ccc(-c8ccc9sc%10ccc(-c%11cccc(-n%12c%13ccccc%13c%13c%14c(ccc%13%12)c%12ccccc%12n%14C%12=CCCC=C%12)c%11)cc%10c9c8)cc7c6c5)c4)c32)=C1. The van der Waals surface area contributed by atoms with E-state index < -0.39 is 0 Å². The van der Waals surface area contributed by atoms with Crippen LogP contribution in [0.5, 0.6) is 0 Å². The molecule has 0 saturated heterocycles. The number of nitrogens with zero attached hydrogens (tertiary/aromatic N) is 4. The maximum absolute atomic E-state index is 2.55. The van der Waals surface area contributed by atoms with Gasteiger partial charge in [-0.05, 0) is 180 Å². The first-order chi connectivity index (χ1) is 44.6. The third-order valence-electron chi connectivity index (χ3n) is 19.6. The summed E-state index contributed by atoms with van der Waals surface area (Å²) in [6.45, 7) is 0. The van der Waals surface area contributed by atoms with Crippen LogP contribution in [0.15, 0.2) is 279 Å². The van der Waals surface area contributed by atoms with Crippen molar-refractivity contribution >= 4 is 162 Å². The smallest absolute Gasteiger partial charge is 0.0641 e. The molecule has 6 heterocycles. The van der Waals surface area contributed by atoms with Gasteiger partial charge >= 0.3 is 0 Å². The molecule has 90 heavy (non-hydrogen) atoms. The van der Waals surface area contributed by atoms with E-state index >= 15 is 0 Å². The number of thiophene rings is 2. The highest BCUT2D eigenvalue weighted by Gasteiger charge is 2.25. The summed E-state index contributed by atoms with van der Waals surface area (Å²) >= 11 is 3.76. The van der Waals surface area contributed by atoms with Crippen LogP contribution < -0.4 is 0 Å². The Balaban J connectivity index is 0.666. The third-order valence-corrected chi connectivity index (χ3v) is 21.9. The van der Waals surface area contributed by atoms with E-state index in [0.717, 1.165) is 37.1 Å². The van der Waals surface area contributed by atoms with Crippen molar-refractivity contribution in [3.05, 3.63) is 279 Å². The fourth-order valence-electron chi connectivity index (χ4n) is 15.6. The molecule has 0 atom stereocenters. The quantitative estimate of drug-likeness (QED) is 0.152. The monoisotopic (exact) mass is 1180 g/mol. The van der Waals surface area contributed by atoms with E-state index in [0.29, 0.717) is 0 Å². The van der Waals surface area contributed by atoms with E-state index in [-0.39, 0.29) is 0 Å². The average molecular weight is 1180 g/mol. The standard InChI is InChI=1S/C84H54N4S2/c1-3-19-57(20-4-1)87-71-29-11-7-25-61(71)63-37-39-75-81(83(63)87)65-27-9-13-31-73(65)85(75)59-23-15-17-51(45-59)53-33-41-77-67(47-53)69-49-55(35-43-79(69)89-77)56-36-44-80-70(50-56)68-48-54(34-42-78(68)90-80)52-18-16-24-60(46-52)86-74-32-14-10-28-66(74)82-76(86)40-38-64-62-26-8-12-30-72(62)88(84(64)82)58-21-5-2-6-22-58/h1,3,5,7-19,21-50H,2,4,6,20H2. The van der Waals surface area contributed by atoms with Gasteiger partial charge in [0.2, 0.25) is 0 Å². The number of allylic oxidation sites excluding steroid dienone is 8. The summed E-state index contributed by atoms with van der Waals surface area (Å²) in [6, 6.07) is 91.8. The van der Waals surface area contributed by atoms with Gasteiger partial charge in [0.25, 0.3) is 0 Å². The van der Waals surface area contributed by atoms with Gasteiger partial charge in [-0.15, -0.1) is 22.7 Å². The molecule has 12 aromatic carbocycles. The molecule has 0 amide bonds. The first-order valence-electron chi connectivity index (χ1n) is 31.4. The summed E-state index contributed by atoms with van der Waals surface area (Å²) < 4.78 is 15.2. The molecule has 0 aliphatic heterocycles. The third kappa shape index (κ3) is 7.34. The van der Waals surface area contributed by atoms with Crippen LogP contribution in [0.4, 0.5) is 0 Å². The number of aromatic nitrogens is 4. The minimum atomic E-state index is 1.01. The zero-order valence-electron chi connectivity index (χ0n) is 49.0. The van der Waals surface area contributed by atoms with Gasteiger partial charge in [-0.2, -0.15) is 0 Å². The van der Waals surface area contributed by atoms with Gasteiger partial charge in [-0.25, -0.2) is 0 Å². The zero-order chi connectivity index (χ0) is 58.7. The molecule has 4 nitrogen and oxygen atoms in total. The van der Waals surface area contributed by atoms with E-state index in [1.54, 1.807) is 0 Å². The van der Waals surface area contributed by atoms with Crippen molar-refractivity contribution in [3.8, 4) is 44.8 Å². The molecule has 0 radical (unpaired) electrons. The summed E-state index contributed by atoms with van der Waals surface area (Å²) in [7, 11) is 0. The number of hydrogen-bond donors (Lipinski definition) is 0. The molecule has 0 unspecified atom stereocenters. The molecule has 422 valence electrons. The summed E-state index contributed by atoms with van der Waals surface area (Å²) in [6.07, 6.45) is 18.0. The minimum Gasteiger partial charge on any atom is -0.312 e. The Morgan fingerprint density at radius 1 is 0.289 bits per heavy atom. The predicted molar refractivity (Wildman–Crippen MR) is 389 cm³/mol. The van der Waals surface area contributed by atoms with Crippen LogP contribution >= 0.6 is 22.7 Å². The molecular weight excluding hydrogens is 1130 g/mol. The Hall–Kier alpha value is -10.8. The molecule has 0 bridgehead atoms. The van der Waals surface area contributed by atoms with Crippen molar-refractivity contribution in [2.75, 3.05) is 0 Å². The highest BCUT2D eigenvalue weighted by molar-refractivity contribution is 7.26. The van der Waals surface area contributed by atoms with Gasteiger partial charge in [0.05, 0.1) is 44.1 Å². The fraction of sp³-hybridized carbons (Fsp3) is 0.0476. The minimum absolute atomic E-state index is 1.01. The van der Waals surface area contributed by atoms with Crippen LogP contribution in [0.25, 0.3) is 184 Å². The topological polar surface area (TPSA) is 19.7 Å².